The highest BCUT2D eigenvalue weighted by Gasteiger charge is 2.18. The van der Waals surface area contributed by atoms with Gasteiger partial charge in [-0.25, -0.2) is 0 Å². The Balaban J connectivity index is 3.22. The summed E-state index contributed by atoms with van der Waals surface area (Å²) in [6.45, 7) is 4.32. The predicted octanol–water partition coefficient (Wildman–Crippen LogP) is 2.71. The second kappa shape index (κ2) is 3.62. The number of aromatic hydroxyl groups is 1. The minimum Gasteiger partial charge on any atom is -0.503 e. The number of phenolic OH excluding ortho intramolecular Hbond substituents is 1. The van der Waals surface area contributed by atoms with Gasteiger partial charge in [0.25, 0.3) is 0 Å². The maximum absolute atomic E-state index is 9.74. The molecule has 0 saturated carbocycles. The van der Waals surface area contributed by atoms with E-state index in [1.54, 1.807) is 6.07 Å². The summed E-state index contributed by atoms with van der Waals surface area (Å²) in [6.07, 6.45) is 0. The molecule has 1 rings (SSSR count). The highest BCUT2D eigenvalue weighted by molar-refractivity contribution is 5.56. The summed E-state index contributed by atoms with van der Waals surface area (Å²) in [5.41, 5.74) is 2.24. The molecule has 0 aliphatic rings. The lowest BCUT2D eigenvalue weighted by atomic mass is 10.0. The molecule has 0 amide bonds. The third-order valence-corrected chi connectivity index (χ3v) is 2.39. The van der Waals surface area contributed by atoms with Gasteiger partial charge in [-0.15, -0.1) is 0 Å². The molecule has 0 saturated heterocycles. The summed E-state index contributed by atoms with van der Waals surface area (Å²) in [7, 11) is 6.16. The van der Waals surface area contributed by atoms with Crippen LogP contribution in [0.2, 0.25) is 0 Å². The maximum Gasteiger partial charge on any atom is 0.177 e. The van der Waals surface area contributed by atoms with Gasteiger partial charge in [-0.3, -0.25) is 4.48 Å². The van der Waals surface area contributed by atoms with Crippen LogP contribution in [-0.4, -0.2) is 26.2 Å². The molecule has 0 bridgehead atoms. The summed E-state index contributed by atoms with van der Waals surface area (Å²) in [5, 5.41) is 9.74. The SMILES string of the molecule is CC(C)c1ccc(O)c([N+](C)(C)C)c1. The first-order valence-electron chi connectivity index (χ1n) is 4.97. The average molecular weight is 194 g/mol. The molecule has 0 atom stereocenters. The number of hydrogen-bond donors (Lipinski definition) is 1. The Morgan fingerprint density at radius 1 is 1.14 bits per heavy atom. The minimum atomic E-state index is 0.377. The van der Waals surface area contributed by atoms with Crippen molar-refractivity contribution < 1.29 is 5.11 Å². The molecule has 0 radical (unpaired) electrons. The van der Waals surface area contributed by atoms with Crippen LogP contribution in [0.1, 0.15) is 25.3 Å². The molecule has 0 aliphatic carbocycles. The Kier molecular flexibility index (Phi) is 2.86. The predicted molar refractivity (Wildman–Crippen MR) is 61.8 cm³/mol. The zero-order valence-electron chi connectivity index (χ0n) is 9.70. The third-order valence-electron chi connectivity index (χ3n) is 2.39. The first-order valence-corrected chi connectivity index (χ1v) is 4.97. The van der Waals surface area contributed by atoms with Crippen molar-refractivity contribution in [2.24, 2.45) is 0 Å². The number of hydrogen-bond acceptors (Lipinski definition) is 1. The molecular weight excluding hydrogens is 174 g/mol. The van der Waals surface area contributed by atoms with Crippen molar-refractivity contribution in [2.75, 3.05) is 21.1 Å². The molecule has 0 fully saturated rings. The first-order chi connectivity index (χ1) is 6.32. The molecule has 0 heterocycles. The highest BCUT2D eigenvalue weighted by Crippen LogP contribution is 2.32. The molecule has 78 valence electrons. The molecule has 2 nitrogen and oxygen atoms in total. The highest BCUT2D eigenvalue weighted by atomic mass is 16.3. The van der Waals surface area contributed by atoms with Gasteiger partial charge in [0.2, 0.25) is 0 Å². The molecule has 0 unspecified atom stereocenters. The van der Waals surface area contributed by atoms with E-state index >= 15 is 0 Å². The van der Waals surface area contributed by atoms with Crippen molar-refractivity contribution >= 4 is 5.69 Å². The van der Waals surface area contributed by atoms with Crippen LogP contribution < -0.4 is 4.48 Å². The Bertz CT molecular complexity index is 324. The normalized spacial score (nSPS) is 12.1. The molecule has 2 heteroatoms. The van der Waals surface area contributed by atoms with E-state index in [0.29, 0.717) is 16.2 Å². The van der Waals surface area contributed by atoms with E-state index in [1.807, 2.05) is 6.07 Å². The van der Waals surface area contributed by atoms with Gasteiger partial charge in [-0.05, 0) is 17.5 Å². The molecule has 0 spiro atoms. The number of quaternary nitrogens is 1. The Labute approximate surface area is 86.4 Å². The van der Waals surface area contributed by atoms with Crippen LogP contribution in [0.4, 0.5) is 5.69 Å². The second-order valence-electron chi connectivity index (χ2n) is 4.92. The first kappa shape index (κ1) is 11.1. The van der Waals surface area contributed by atoms with Crippen LogP contribution in [0.3, 0.4) is 0 Å². The van der Waals surface area contributed by atoms with E-state index in [-0.39, 0.29) is 0 Å². The monoisotopic (exact) mass is 194 g/mol. The topological polar surface area (TPSA) is 20.2 Å². The van der Waals surface area contributed by atoms with Crippen molar-refractivity contribution in [3.05, 3.63) is 23.8 Å². The minimum absolute atomic E-state index is 0.377. The summed E-state index contributed by atoms with van der Waals surface area (Å²) in [4.78, 5) is 0. The Morgan fingerprint density at radius 2 is 1.71 bits per heavy atom. The van der Waals surface area contributed by atoms with Crippen LogP contribution in [0.15, 0.2) is 18.2 Å². The van der Waals surface area contributed by atoms with E-state index < -0.39 is 0 Å². The van der Waals surface area contributed by atoms with Gasteiger partial charge in [0.15, 0.2) is 11.4 Å². The zero-order chi connectivity index (χ0) is 10.9. The van der Waals surface area contributed by atoms with Gasteiger partial charge in [-0.2, -0.15) is 0 Å². The second-order valence-corrected chi connectivity index (χ2v) is 4.92. The number of phenols is 1. The van der Waals surface area contributed by atoms with Crippen LogP contribution in [-0.2, 0) is 0 Å². The number of benzene rings is 1. The quantitative estimate of drug-likeness (QED) is 0.718. The van der Waals surface area contributed by atoms with E-state index in [4.69, 9.17) is 0 Å². The lowest BCUT2D eigenvalue weighted by Gasteiger charge is -2.25. The fraction of sp³-hybridized carbons (Fsp3) is 0.500. The van der Waals surface area contributed by atoms with Gasteiger partial charge in [0.1, 0.15) is 0 Å². The van der Waals surface area contributed by atoms with Gasteiger partial charge in [0.05, 0.1) is 21.1 Å². The molecular formula is C12H20NO+. The smallest absolute Gasteiger partial charge is 0.177 e. The summed E-state index contributed by atoms with van der Waals surface area (Å²) in [6, 6.07) is 5.85. The Hall–Kier alpha value is -1.02. The fourth-order valence-electron chi connectivity index (χ4n) is 1.44. The Morgan fingerprint density at radius 3 is 2.14 bits per heavy atom. The van der Waals surface area contributed by atoms with Crippen molar-refractivity contribution in [2.45, 2.75) is 19.8 Å². The molecule has 1 N–H and O–H groups in total. The summed E-state index contributed by atoms with van der Waals surface area (Å²) in [5.74, 6) is 0.878. The summed E-state index contributed by atoms with van der Waals surface area (Å²) < 4.78 is 0.645. The van der Waals surface area contributed by atoms with E-state index in [1.165, 1.54) is 5.56 Å². The molecule has 1 aromatic carbocycles. The van der Waals surface area contributed by atoms with Crippen LogP contribution in [0, 0.1) is 0 Å². The lowest BCUT2D eigenvalue weighted by Crippen LogP contribution is -2.34. The van der Waals surface area contributed by atoms with Crippen LogP contribution in [0.25, 0.3) is 0 Å². The van der Waals surface area contributed by atoms with Gasteiger partial charge < -0.3 is 5.11 Å². The number of nitrogens with zero attached hydrogens (tertiary/aromatic N) is 1. The maximum atomic E-state index is 9.74. The van der Waals surface area contributed by atoms with Crippen LogP contribution in [0.5, 0.6) is 5.75 Å². The van der Waals surface area contributed by atoms with Gasteiger partial charge >= 0.3 is 0 Å². The van der Waals surface area contributed by atoms with Crippen molar-refractivity contribution in [1.82, 2.24) is 4.48 Å². The molecule has 1 aromatic rings. The standard InChI is InChI=1S/C12H19NO/c1-9(2)10-6-7-12(14)11(8-10)13(3,4)5/h6-9H,1-5H3/p+1. The van der Waals surface area contributed by atoms with E-state index in [9.17, 15) is 5.11 Å². The zero-order valence-corrected chi connectivity index (χ0v) is 9.70. The largest absolute Gasteiger partial charge is 0.503 e. The molecule has 0 aliphatic heterocycles. The fourth-order valence-corrected chi connectivity index (χ4v) is 1.44. The third kappa shape index (κ3) is 2.26. The van der Waals surface area contributed by atoms with Gasteiger partial charge in [-0.1, -0.05) is 19.9 Å². The average Bonchev–Trinajstić information content (AvgIpc) is 2.02. The molecule has 14 heavy (non-hydrogen) atoms. The van der Waals surface area contributed by atoms with Crippen LogP contribution >= 0.6 is 0 Å². The lowest BCUT2D eigenvalue weighted by molar-refractivity contribution is 0.426. The van der Waals surface area contributed by atoms with E-state index in [2.05, 4.69) is 41.1 Å². The molecule has 0 aromatic heterocycles. The van der Waals surface area contributed by atoms with E-state index in [0.717, 1.165) is 5.69 Å². The van der Waals surface area contributed by atoms with Crippen molar-refractivity contribution in [1.29, 1.82) is 0 Å². The van der Waals surface area contributed by atoms with Gasteiger partial charge in [0, 0.05) is 6.07 Å². The summed E-state index contributed by atoms with van der Waals surface area (Å²) >= 11 is 0. The number of rotatable bonds is 2. The van der Waals surface area contributed by atoms with Crippen molar-refractivity contribution in [3.8, 4) is 5.75 Å². The van der Waals surface area contributed by atoms with Crippen molar-refractivity contribution in [3.63, 3.8) is 0 Å².